The van der Waals surface area contributed by atoms with E-state index in [0.29, 0.717) is 13.0 Å². The predicted molar refractivity (Wildman–Crippen MR) is 82.5 cm³/mol. The van der Waals surface area contributed by atoms with E-state index in [4.69, 9.17) is 11.4 Å². The van der Waals surface area contributed by atoms with Crippen LogP contribution in [0.4, 0.5) is 0 Å². The van der Waals surface area contributed by atoms with Gasteiger partial charge in [0.2, 0.25) is 5.91 Å². The summed E-state index contributed by atoms with van der Waals surface area (Å²) in [7, 11) is 0. The van der Waals surface area contributed by atoms with Gasteiger partial charge in [-0.15, -0.1) is 6.42 Å². The second-order valence-corrected chi connectivity index (χ2v) is 5.35. The fourth-order valence-corrected chi connectivity index (χ4v) is 3.14. The summed E-state index contributed by atoms with van der Waals surface area (Å²) in [6, 6.07) is 8.04. The maximum Gasteiger partial charge on any atom is 0.222 e. The Hall–Kier alpha value is -2.28. The van der Waals surface area contributed by atoms with Crippen molar-refractivity contribution in [2.75, 3.05) is 6.54 Å². The minimum absolute atomic E-state index is 0.0539. The van der Waals surface area contributed by atoms with E-state index in [1.165, 1.54) is 0 Å². The van der Waals surface area contributed by atoms with Gasteiger partial charge in [-0.2, -0.15) is 0 Å². The highest BCUT2D eigenvalue weighted by Gasteiger charge is 2.32. The number of para-hydroxylation sites is 2. The number of amides is 1. The molecule has 1 aliphatic rings. The SMILES string of the molecule is C#CCn1c([C@@H]2CCCN2C(=O)CC)nc2ccccc21. The van der Waals surface area contributed by atoms with Gasteiger partial charge in [-0.1, -0.05) is 25.0 Å². The number of carbonyl (C=O) groups is 1. The standard InChI is InChI=1S/C17H19N3O/c1-3-11-20-14-9-6-5-8-13(14)18-17(20)15-10-7-12-19(15)16(21)4-2/h1,5-6,8-9,15H,4,7,10-12H2,2H3/t15-/m0/s1. The van der Waals surface area contributed by atoms with Crippen molar-refractivity contribution in [3.8, 4) is 12.3 Å². The van der Waals surface area contributed by atoms with Crippen LogP contribution in [0.2, 0.25) is 0 Å². The molecule has 21 heavy (non-hydrogen) atoms. The number of benzene rings is 1. The van der Waals surface area contributed by atoms with Crippen LogP contribution < -0.4 is 0 Å². The van der Waals surface area contributed by atoms with Crippen molar-refractivity contribution in [1.29, 1.82) is 0 Å². The van der Waals surface area contributed by atoms with Crippen LogP contribution in [-0.4, -0.2) is 26.9 Å². The van der Waals surface area contributed by atoms with Crippen molar-refractivity contribution < 1.29 is 4.79 Å². The Morgan fingerprint density at radius 1 is 1.48 bits per heavy atom. The molecule has 2 aromatic rings. The highest BCUT2D eigenvalue weighted by Crippen LogP contribution is 2.33. The molecular weight excluding hydrogens is 262 g/mol. The first-order valence-corrected chi connectivity index (χ1v) is 7.44. The Labute approximate surface area is 124 Å². The van der Waals surface area contributed by atoms with Crippen LogP contribution in [0.25, 0.3) is 11.0 Å². The molecule has 1 aromatic carbocycles. The number of aromatic nitrogens is 2. The van der Waals surface area contributed by atoms with Crippen molar-refractivity contribution in [3.63, 3.8) is 0 Å². The van der Waals surface area contributed by atoms with E-state index in [1.807, 2.05) is 36.1 Å². The Morgan fingerprint density at radius 3 is 3.05 bits per heavy atom. The summed E-state index contributed by atoms with van der Waals surface area (Å²) >= 11 is 0. The normalized spacial score (nSPS) is 18.1. The summed E-state index contributed by atoms with van der Waals surface area (Å²) < 4.78 is 2.07. The summed E-state index contributed by atoms with van der Waals surface area (Å²) in [4.78, 5) is 18.8. The topological polar surface area (TPSA) is 38.1 Å². The number of carbonyl (C=O) groups excluding carboxylic acids is 1. The summed E-state index contributed by atoms with van der Waals surface area (Å²) in [5, 5.41) is 0. The maximum absolute atomic E-state index is 12.1. The lowest BCUT2D eigenvalue weighted by molar-refractivity contribution is -0.131. The quantitative estimate of drug-likeness (QED) is 0.811. The van der Waals surface area contributed by atoms with Crippen molar-refractivity contribution in [2.45, 2.75) is 38.8 Å². The molecule has 1 saturated heterocycles. The fourth-order valence-electron chi connectivity index (χ4n) is 3.14. The lowest BCUT2D eigenvalue weighted by Crippen LogP contribution is -2.31. The first kappa shape index (κ1) is 13.7. The zero-order chi connectivity index (χ0) is 14.8. The van der Waals surface area contributed by atoms with E-state index < -0.39 is 0 Å². The van der Waals surface area contributed by atoms with E-state index in [2.05, 4.69) is 10.5 Å². The molecule has 1 aromatic heterocycles. The van der Waals surface area contributed by atoms with Gasteiger partial charge in [0.15, 0.2) is 0 Å². The Morgan fingerprint density at radius 2 is 2.29 bits per heavy atom. The smallest absolute Gasteiger partial charge is 0.222 e. The van der Waals surface area contributed by atoms with Crippen molar-refractivity contribution in [2.24, 2.45) is 0 Å². The predicted octanol–water partition coefficient (Wildman–Crippen LogP) is 2.74. The van der Waals surface area contributed by atoms with Gasteiger partial charge in [0.1, 0.15) is 5.82 Å². The highest BCUT2D eigenvalue weighted by molar-refractivity contribution is 5.78. The average Bonchev–Trinajstić information content (AvgIpc) is 3.11. The van der Waals surface area contributed by atoms with Crippen molar-refractivity contribution in [1.82, 2.24) is 14.5 Å². The minimum Gasteiger partial charge on any atom is -0.333 e. The highest BCUT2D eigenvalue weighted by atomic mass is 16.2. The van der Waals surface area contributed by atoms with Crippen molar-refractivity contribution >= 4 is 16.9 Å². The molecule has 0 unspecified atom stereocenters. The zero-order valence-electron chi connectivity index (χ0n) is 12.2. The average molecular weight is 281 g/mol. The number of imidazole rings is 1. The van der Waals surface area contributed by atoms with E-state index >= 15 is 0 Å². The second-order valence-electron chi connectivity index (χ2n) is 5.35. The summed E-state index contributed by atoms with van der Waals surface area (Å²) in [6.45, 7) is 3.21. The maximum atomic E-state index is 12.1. The Bertz CT molecular complexity index is 710. The fraction of sp³-hybridized carbons (Fsp3) is 0.412. The number of fused-ring (bicyclic) bond motifs is 1. The monoisotopic (exact) mass is 281 g/mol. The van der Waals surface area contributed by atoms with E-state index in [1.54, 1.807) is 0 Å². The lowest BCUT2D eigenvalue weighted by Gasteiger charge is -2.24. The van der Waals surface area contributed by atoms with Crippen LogP contribution in [-0.2, 0) is 11.3 Å². The molecule has 4 nitrogen and oxygen atoms in total. The number of hydrogen-bond acceptors (Lipinski definition) is 2. The van der Waals surface area contributed by atoms with Crippen LogP contribution in [0.15, 0.2) is 24.3 Å². The first-order valence-electron chi connectivity index (χ1n) is 7.44. The molecule has 0 aliphatic carbocycles. The molecule has 1 amide bonds. The minimum atomic E-state index is 0.0539. The third-order valence-corrected chi connectivity index (χ3v) is 4.11. The summed E-state index contributed by atoms with van der Waals surface area (Å²) in [5.41, 5.74) is 1.99. The van der Waals surface area contributed by atoms with Crippen LogP contribution in [0.3, 0.4) is 0 Å². The summed E-state index contributed by atoms with van der Waals surface area (Å²) in [5.74, 6) is 3.82. The molecule has 2 heterocycles. The Kier molecular flexibility index (Phi) is 3.66. The van der Waals surface area contributed by atoms with Gasteiger partial charge < -0.3 is 9.47 Å². The van der Waals surface area contributed by atoms with Gasteiger partial charge in [0.05, 0.1) is 23.6 Å². The molecule has 0 spiro atoms. The van der Waals surface area contributed by atoms with Gasteiger partial charge >= 0.3 is 0 Å². The molecule has 1 atom stereocenters. The Balaban J connectivity index is 2.09. The molecule has 0 saturated carbocycles. The second kappa shape index (κ2) is 5.61. The van der Waals surface area contributed by atoms with Crippen LogP contribution >= 0.6 is 0 Å². The summed E-state index contributed by atoms with van der Waals surface area (Å²) in [6.07, 6.45) is 8.03. The molecule has 0 bridgehead atoms. The molecular formula is C17H19N3O. The zero-order valence-corrected chi connectivity index (χ0v) is 12.2. The molecule has 1 aliphatic heterocycles. The lowest BCUT2D eigenvalue weighted by atomic mass is 10.2. The van der Waals surface area contributed by atoms with Gasteiger partial charge in [0.25, 0.3) is 0 Å². The van der Waals surface area contributed by atoms with Gasteiger partial charge in [-0.05, 0) is 25.0 Å². The van der Waals surface area contributed by atoms with Gasteiger partial charge in [-0.25, -0.2) is 4.98 Å². The number of terminal acetylenes is 1. The number of rotatable bonds is 3. The third kappa shape index (κ3) is 2.29. The van der Waals surface area contributed by atoms with Crippen molar-refractivity contribution in [3.05, 3.63) is 30.1 Å². The number of hydrogen-bond donors (Lipinski definition) is 0. The number of nitrogens with zero attached hydrogens (tertiary/aromatic N) is 3. The number of likely N-dealkylation sites (tertiary alicyclic amines) is 1. The molecule has 4 heteroatoms. The van der Waals surface area contributed by atoms with Crippen LogP contribution in [0, 0.1) is 12.3 Å². The molecule has 3 rings (SSSR count). The van der Waals surface area contributed by atoms with Crippen LogP contribution in [0.5, 0.6) is 0 Å². The molecule has 0 N–H and O–H groups in total. The molecule has 108 valence electrons. The van der Waals surface area contributed by atoms with E-state index in [-0.39, 0.29) is 11.9 Å². The molecule has 1 fully saturated rings. The van der Waals surface area contributed by atoms with E-state index in [9.17, 15) is 4.79 Å². The third-order valence-electron chi connectivity index (χ3n) is 4.11. The largest absolute Gasteiger partial charge is 0.333 e. The van der Waals surface area contributed by atoms with Gasteiger partial charge in [-0.3, -0.25) is 4.79 Å². The van der Waals surface area contributed by atoms with E-state index in [0.717, 1.165) is 36.2 Å². The first-order chi connectivity index (χ1) is 10.3. The van der Waals surface area contributed by atoms with Crippen LogP contribution in [0.1, 0.15) is 38.1 Å². The molecule has 0 radical (unpaired) electrons. The van der Waals surface area contributed by atoms with Gasteiger partial charge in [0, 0.05) is 13.0 Å².